The summed E-state index contributed by atoms with van der Waals surface area (Å²) in [5.74, 6) is -2.70. The zero-order chi connectivity index (χ0) is 16.9. The molecule has 3 N–H and O–H groups in total. The monoisotopic (exact) mass is 286 g/mol. The van der Waals surface area contributed by atoms with Crippen molar-refractivity contribution in [1.29, 1.82) is 0 Å². The van der Waals surface area contributed by atoms with Gasteiger partial charge in [0.05, 0.1) is 0 Å². The Kier molecular flexibility index (Phi) is 14.9. The highest BCUT2D eigenvalue weighted by atomic mass is 16.4. The fraction of sp³-hybridized carbons (Fsp3) is 0.357. The van der Waals surface area contributed by atoms with Crippen molar-refractivity contribution in [2.75, 3.05) is 0 Å². The molecule has 0 aliphatic heterocycles. The van der Waals surface area contributed by atoms with E-state index in [1.807, 2.05) is 6.92 Å². The smallest absolute Gasteiger partial charge is 0.330 e. The van der Waals surface area contributed by atoms with Crippen molar-refractivity contribution in [3.05, 3.63) is 36.0 Å². The lowest BCUT2D eigenvalue weighted by Gasteiger charge is -1.87. The summed E-state index contributed by atoms with van der Waals surface area (Å²) >= 11 is 0. The van der Waals surface area contributed by atoms with Crippen LogP contribution in [0.15, 0.2) is 36.0 Å². The average Bonchev–Trinajstić information content (AvgIpc) is 2.30. The zero-order valence-electron chi connectivity index (χ0n) is 12.3. The van der Waals surface area contributed by atoms with Gasteiger partial charge in [-0.15, -0.1) is 0 Å². The molecule has 0 fully saturated rings. The Morgan fingerprint density at radius 1 is 0.850 bits per heavy atom. The van der Waals surface area contributed by atoms with Gasteiger partial charge in [-0.2, -0.15) is 0 Å². The first-order valence-corrected chi connectivity index (χ1v) is 5.64. The summed E-state index contributed by atoms with van der Waals surface area (Å²) < 4.78 is 0. The molecule has 0 aliphatic rings. The SMILES string of the molecule is C=C(C)C(=O)O.C=C(C)C(=O)O.CC/C=C(\C)C(=O)O. The second-order valence-electron chi connectivity index (χ2n) is 3.77. The van der Waals surface area contributed by atoms with Crippen LogP contribution in [0, 0.1) is 0 Å². The lowest BCUT2D eigenvalue weighted by Crippen LogP contribution is -1.94. The van der Waals surface area contributed by atoms with Crippen LogP contribution in [-0.2, 0) is 14.4 Å². The fourth-order valence-electron chi connectivity index (χ4n) is 0.393. The first kappa shape index (κ1) is 22.8. The van der Waals surface area contributed by atoms with Crippen molar-refractivity contribution < 1.29 is 29.7 Å². The topological polar surface area (TPSA) is 112 Å². The Labute approximate surface area is 118 Å². The number of carboxylic acids is 3. The molecule has 6 heteroatoms. The molecule has 20 heavy (non-hydrogen) atoms. The first-order chi connectivity index (χ1) is 8.97. The molecule has 0 atom stereocenters. The number of carboxylic acid groups (broad SMARTS) is 3. The van der Waals surface area contributed by atoms with Crippen molar-refractivity contribution in [2.45, 2.75) is 34.1 Å². The highest BCUT2D eigenvalue weighted by Gasteiger charge is 1.95. The summed E-state index contributed by atoms with van der Waals surface area (Å²) in [5, 5.41) is 24.0. The van der Waals surface area contributed by atoms with Crippen LogP contribution in [0.5, 0.6) is 0 Å². The Hall–Kier alpha value is -2.37. The van der Waals surface area contributed by atoms with E-state index in [9.17, 15) is 14.4 Å². The molecular weight excluding hydrogens is 264 g/mol. The fourth-order valence-corrected chi connectivity index (χ4v) is 0.393. The van der Waals surface area contributed by atoms with Gasteiger partial charge in [-0.25, -0.2) is 14.4 Å². The van der Waals surface area contributed by atoms with E-state index in [-0.39, 0.29) is 11.1 Å². The summed E-state index contributed by atoms with van der Waals surface area (Å²) in [6.45, 7) is 12.7. The molecule has 0 unspecified atom stereocenters. The van der Waals surface area contributed by atoms with Gasteiger partial charge in [-0.05, 0) is 27.2 Å². The minimum Gasteiger partial charge on any atom is -0.478 e. The van der Waals surface area contributed by atoms with Crippen molar-refractivity contribution in [1.82, 2.24) is 0 Å². The van der Waals surface area contributed by atoms with Gasteiger partial charge in [0.2, 0.25) is 0 Å². The Morgan fingerprint density at radius 2 is 1.10 bits per heavy atom. The van der Waals surface area contributed by atoms with Crippen molar-refractivity contribution in [3.8, 4) is 0 Å². The van der Waals surface area contributed by atoms with Gasteiger partial charge in [0.25, 0.3) is 0 Å². The lowest BCUT2D eigenvalue weighted by molar-refractivity contribution is -0.133. The molecule has 6 nitrogen and oxygen atoms in total. The summed E-state index contributed by atoms with van der Waals surface area (Å²) in [6, 6.07) is 0. The van der Waals surface area contributed by atoms with Crippen molar-refractivity contribution in [3.63, 3.8) is 0 Å². The molecule has 0 aliphatic carbocycles. The number of hydrogen-bond acceptors (Lipinski definition) is 3. The second-order valence-corrected chi connectivity index (χ2v) is 3.77. The predicted molar refractivity (Wildman–Crippen MR) is 76.6 cm³/mol. The highest BCUT2D eigenvalue weighted by Crippen LogP contribution is 1.92. The number of carbonyl (C=O) groups is 3. The molecule has 0 rings (SSSR count). The van der Waals surface area contributed by atoms with Crippen LogP contribution in [0.25, 0.3) is 0 Å². The van der Waals surface area contributed by atoms with Crippen LogP contribution in [0.1, 0.15) is 34.1 Å². The third-order valence-corrected chi connectivity index (χ3v) is 1.58. The van der Waals surface area contributed by atoms with Gasteiger partial charge < -0.3 is 15.3 Å². The van der Waals surface area contributed by atoms with Gasteiger partial charge in [0.15, 0.2) is 0 Å². The van der Waals surface area contributed by atoms with E-state index in [0.717, 1.165) is 6.42 Å². The molecule has 0 radical (unpaired) electrons. The first-order valence-electron chi connectivity index (χ1n) is 5.64. The Bertz CT molecular complexity index is 356. The minimum absolute atomic E-state index is 0.176. The van der Waals surface area contributed by atoms with Crippen LogP contribution in [0.2, 0.25) is 0 Å². The molecule has 0 saturated heterocycles. The van der Waals surface area contributed by atoms with Gasteiger partial charge in [0.1, 0.15) is 0 Å². The minimum atomic E-state index is -0.935. The second kappa shape index (κ2) is 13.1. The van der Waals surface area contributed by atoms with E-state index < -0.39 is 17.9 Å². The van der Waals surface area contributed by atoms with E-state index in [1.54, 1.807) is 13.0 Å². The van der Waals surface area contributed by atoms with Gasteiger partial charge >= 0.3 is 17.9 Å². The maximum Gasteiger partial charge on any atom is 0.330 e. The van der Waals surface area contributed by atoms with E-state index in [4.69, 9.17) is 15.3 Å². The van der Waals surface area contributed by atoms with Crippen molar-refractivity contribution in [2.24, 2.45) is 0 Å². The van der Waals surface area contributed by atoms with Gasteiger partial charge in [-0.1, -0.05) is 26.2 Å². The van der Waals surface area contributed by atoms with E-state index in [1.165, 1.54) is 13.8 Å². The summed E-state index contributed by atoms with van der Waals surface area (Å²) in [4.78, 5) is 29.2. The van der Waals surface area contributed by atoms with E-state index >= 15 is 0 Å². The standard InChI is InChI=1S/C6H10O2.2C4H6O2/c1-3-4-5(2)6(7)8;2*1-3(2)4(5)6/h4H,3H2,1-2H3,(H,7,8);2*1H2,2H3,(H,5,6)/b5-4+;;. The lowest BCUT2D eigenvalue weighted by atomic mass is 10.2. The summed E-state index contributed by atoms with van der Waals surface area (Å²) in [7, 11) is 0. The normalized spacial score (nSPS) is 9.10. The predicted octanol–water partition coefficient (Wildman–Crippen LogP) is 2.72. The van der Waals surface area contributed by atoms with Crippen LogP contribution in [0.3, 0.4) is 0 Å². The maximum absolute atomic E-state index is 10.0. The molecule has 0 spiro atoms. The van der Waals surface area contributed by atoms with Gasteiger partial charge in [-0.3, -0.25) is 0 Å². The molecular formula is C14H22O6. The summed E-state index contributed by atoms with van der Waals surface area (Å²) in [5.41, 5.74) is 0.775. The van der Waals surface area contributed by atoms with Gasteiger partial charge in [0, 0.05) is 16.7 Å². The molecule has 114 valence electrons. The summed E-state index contributed by atoms with van der Waals surface area (Å²) in [6.07, 6.45) is 2.47. The van der Waals surface area contributed by atoms with Crippen LogP contribution in [-0.4, -0.2) is 33.2 Å². The molecule has 0 aromatic carbocycles. The molecule has 0 aromatic rings. The van der Waals surface area contributed by atoms with Crippen LogP contribution in [0.4, 0.5) is 0 Å². The number of allylic oxidation sites excluding steroid dienone is 1. The number of aliphatic carboxylic acids is 3. The van der Waals surface area contributed by atoms with Crippen molar-refractivity contribution >= 4 is 17.9 Å². The molecule has 0 heterocycles. The largest absolute Gasteiger partial charge is 0.478 e. The average molecular weight is 286 g/mol. The van der Waals surface area contributed by atoms with E-state index in [0.29, 0.717) is 5.57 Å². The molecule has 0 aromatic heterocycles. The number of hydrogen-bond donors (Lipinski definition) is 3. The molecule has 0 amide bonds. The maximum atomic E-state index is 10.0. The molecule has 0 bridgehead atoms. The zero-order valence-corrected chi connectivity index (χ0v) is 12.3. The van der Waals surface area contributed by atoms with Crippen LogP contribution >= 0.6 is 0 Å². The molecule has 0 saturated carbocycles. The third-order valence-electron chi connectivity index (χ3n) is 1.58. The Balaban J connectivity index is -0.000000221. The highest BCUT2D eigenvalue weighted by molar-refractivity contribution is 5.85. The van der Waals surface area contributed by atoms with Crippen LogP contribution < -0.4 is 0 Å². The Morgan fingerprint density at radius 3 is 1.15 bits per heavy atom. The third kappa shape index (κ3) is 21.0. The van der Waals surface area contributed by atoms with E-state index in [2.05, 4.69) is 13.2 Å². The number of rotatable bonds is 4. The quantitative estimate of drug-likeness (QED) is 0.685.